The van der Waals surface area contributed by atoms with Crippen LogP contribution in [-0.4, -0.2) is 22.7 Å². The van der Waals surface area contributed by atoms with Crippen molar-refractivity contribution in [2.75, 3.05) is 6.61 Å². The van der Waals surface area contributed by atoms with Gasteiger partial charge in [0, 0.05) is 6.54 Å². The van der Waals surface area contributed by atoms with Gasteiger partial charge in [0.25, 0.3) is 0 Å². The molecule has 2 atom stereocenters. The molecule has 1 aromatic rings. The standard InChI is InChI=1S/C10H13BrN2O2/c1-2-13-8(7(11)6-12-13)10-4-3-5-14-9(10)15-10/h6,9H,2-5H2,1H3/t9-,10+/m0/s1. The first kappa shape index (κ1) is 9.81. The van der Waals surface area contributed by atoms with Crippen LogP contribution in [0, 0.1) is 0 Å². The maximum absolute atomic E-state index is 5.72. The zero-order valence-electron chi connectivity index (χ0n) is 8.57. The molecule has 5 heteroatoms. The van der Waals surface area contributed by atoms with Gasteiger partial charge in [-0.1, -0.05) is 0 Å². The number of ether oxygens (including phenoxy) is 2. The average molecular weight is 273 g/mol. The lowest BCUT2D eigenvalue weighted by atomic mass is 9.97. The summed E-state index contributed by atoms with van der Waals surface area (Å²) in [7, 11) is 0. The number of aryl methyl sites for hydroxylation is 1. The number of hydrogen-bond donors (Lipinski definition) is 0. The van der Waals surface area contributed by atoms with Crippen molar-refractivity contribution in [1.82, 2.24) is 9.78 Å². The van der Waals surface area contributed by atoms with Crippen LogP contribution in [0.3, 0.4) is 0 Å². The molecule has 2 aliphatic heterocycles. The van der Waals surface area contributed by atoms with E-state index in [1.165, 1.54) is 0 Å². The van der Waals surface area contributed by atoms with Gasteiger partial charge in [0.2, 0.25) is 0 Å². The van der Waals surface area contributed by atoms with Gasteiger partial charge in [-0.05, 0) is 35.7 Å². The Balaban J connectivity index is 2.01. The van der Waals surface area contributed by atoms with Gasteiger partial charge in [-0.2, -0.15) is 5.10 Å². The molecule has 4 nitrogen and oxygen atoms in total. The highest BCUT2D eigenvalue weighted by molar-refractivity contribution is 9.10. The third kappa shape index (κ3) is 1.30. The van der Waals surface area contributed by atoms with Gasteiger partial charge in [-0.3, -0.25) is 4.68 Å². The van der Waals surface area contributed by atoms with Crippen molar-refractivity contribution in [2.24, 2.45) is 0 Å². The van der Waals surface area contributed by atoms with Gasteiger partial charge >= 0.3 is 0 Å². The molecular weight excluding hydrogens is 260 g/mol. The molecule has 0 spiro atoms. The number of aromatic nitrogens is 2. The summed E-state index contributed by atoms with van der Waals surface area (Å²) in [5.41, 5.74) is 0.915. The zero-order chi connectivity index (χ0) is 10.5. The minimum atomic E-state index is -0.219. The lowest BCUT2D eigenvalue weighted by Gasteiger charge is -2.18. The van der Waals surface area contributed by atoms with Crippen LogP contribution in [0.2, 0.25) is 0 Å². The van der Waals surface area contributed by atoms with Crippen molar-refractivity contribution in [3.05, 3.63) is 16.4 Å². The quantitative estimate of drug-likeness (QED) is 0.774. The maximum atomic E-state index is 5.72. The summed E-state index contributed by atoms with van der Waals surface area (Å²) in [5.74, 6) is 0. The molecule has 0 unspecified atom stereocenters. The van der Waals surface area contributed by atoms with E-state index in [1.807, 2.05) is 10.9 Å². The Bertz CT molecular complexity index is 393. The van der Waals surface area contributed by atoms with E-state index in [9.17, 15) is 0 Å². The third-order valence-electron chi connectivity index (χ3n) is 3.10. The summed E-state index contributed by atoms with van der Waals surface area (Å²) < 4.78 is 14.3. The van der Waals surface area contributed by atoms with E-state index in [1.54, 1.807) is 0 Å². The van der Waals surface area contributed by atoms with Crippen LogP contribution >= 0.6 is 15.9 Å². The van der Waals surface area contributed by atoms with Crippen LogP contribution in [0.5, 0.6) is 0 Å². The molecule has 0 aliphatic carbocycles. The molecule has 1 aromatic heterocycles. The van der Waals surface area contributed by atoms with Gasteiger partial charge in [-0.15, -0.1) is 0 Å². The molecule has 0 amide bonds. The van der Waals surface area contributed by atoms with E-state index >= 15 is 0 Å². The Morgan fingerprint density at radius 1 is 1.73 bits per heavy atom. The Kier molecular flexibility index (Phi) is 2.16. The van der Waals surface area contributed by atoms with E-state index < -0.39 is 0 Å². The van der Waals surface area contributed by atoms with Gasteiger partial charge in [-0.25, -0.2) is 0 Å². The fourth-order valence-electron chi connectivity index (χ4n) is 2.34. The van der Waals surface area contributed by atoms with Gasteiger partial charge < -0.3 is 9.47 Å². The summed E-state index contributed by atoms with van der Waals surface area (Å²) in [6.45, 7) is 3.75. The highest BCUT2D eigenvalue weighted by atomic mass is 79.9. The predicted octanol–water partition coefficient (Wildman–Crippen LogP) is 2.03. The Morgan fingerprint density at radius 3 is 3.33 bits per heavy atom. The normalized spacial score (nSPS) is 33.9. The summed E-state index contributed by atoms with van der Waals surface area (Å²) in [5, 5.41) is 4.32. The molecule has 2 saturated heterocycles. The average Bonchev–Trinajstić information content (AvgIpc) is 2.87. The lowest BCUT2D eigenvalue weighted by Crippen LogP contribution is -2.24. The van der Waals surface area contributed by atoms with Crippen molar-refractivity contribution < 1.29 is 9.47 Å². The zero-order valence-corrected chi connectivity index (χ0v) is 10.2. The van der Waals surface area contributed by atoms with Crippen molar-refractivity contribution >= 4 is 15.9 Å². The number of halogens is 1. The second kappa shape index (κ2) is 3.30. The van der Waals surface area contributed by atoms with Crippen molar-refractivity contribution in [1.29, 1.82) is 0 Å². The maximum Gasteiger partial charge on any atom is 0.193 e. The molecule has 0 N–H and O–H groups in total. The molecule has 0 bridgehead atoms. The lowest BCUT2D eigenvalue weighted by molar-refractivity contribution is 0.0415. The summed E-state index contributed by atoms with van der Waals surface area (Å²) >= 11 is 3.54. The van der Waals surface area contributed by atoms with E-state index in [-0.39, 0.29) is 11.9 Å². The fraction of sp³-hybridized carbons (Fsp3) is 0.700. The molecule has 2 fully saturated rings. The van der Waals surface area contributed by atoms with Crippen molar-refractivity contribution in [3.63, 3.8) is 0 Å². The minimum Gasteiger partial charge on any atom is -0.349 e. The first-order valence-corrected chi connectivity index (χ1v) is 6.08. The van der Waals surface area contributed by atoms with Crippen LogP contribution in [0.4, 0.5) is 0 Å². The van der Waals surface area contributed by atoms with Crippen LogP contribution in [0.25, 0.3) is 0 Å². The summed E-state index contributed by atoms with van der Waals surface area (Å²) in [4.78, 5) is 0. The highest BCUT2D eigenvalue weighted by Crippen LogP contribution is 2.54. The third-order valence-corrected chi connectivity index (χ3v) is 3.68. The second-order valence-electron chi connectivity index (χ2n) is 3.97. The summed E-state index contributed by atoms with van der Waals surface area (Å²) in [6.07, 6.45) is 3.87. The minimum absolute atomic E-state index is 0.0513. The van der Waals surface area contributed by atoms with Gasteiger partial charge in [0.15, 0.2) is 11.9 Å². The Labute approximate surface area is 96.7 Å². The van der Waals surface area contributed by atoms with Gasteiger partial charge in [0.05, 0.1) is 23.0 Å². The van der Waals surface area contributed by atoms with Crippen molar-refractivity contribution in [3.8, 4) is 0 Å². The first-order chi connectivity index (χ1) is 7.28. The fourth-order valence-corrected chi connectivity index (χ4v) is 2.97. The second-order valence-corrected chi connectivity index (χ2v) is 4.82. The SMILES string of the molecule is CCn1ncc(Br)c1[C@]12CCCO[C@H]1O2. The Morgan fingerprint density at radius 2 is 2.60 bits per heavy atom. The van der Waals surface area contributed by atoms with Crippen molar-refractivity contribution in [2.45, 2.75) is 38.2 Å². The molecule has 0 saturated carbocycles. The first-order valence-electron chi connectivity index (χ1n) is 5.29. The molecule has 3 heterocycles. The largest absolute Gasteiger partial charge is 0.349 e. The smallest absolute Gasteiger partial charge is 0.193 e. The van der Waals surface area contributed by atoms with E-state index in [0.29, 0.717) is 0 Å². The van der Waals surface area contributed by atoms with Gasteiger partial charge in [0.1, 0.15) is 0 Å². The molecule has 82 valence electrons. The molecule has 0 aromatic carbocycles. The van der Waals surface area contributed by atoms with E-state index in [0.717, 1.165) is 36.2 Å². The predicted molar refractivity (Wildman–Crippen MR) is 57.3 cm³/mol. The topological polar surface area (TPSA) is 39.6 Å². The highest BCUT2D eigenvalue weighted by Gasteiger charge is 2.63. The Hall–Kier alpha value is -0.390. The molecule has 15 heavy (non-hydrogen) atoms. The summed E-state index contributed by atoms with van der Waals surface area (Å²) in [6, 6.07) is 0. The molecular formula is C10H13BrN2O2. The molecule has 2 aliphatic rings. The van der Waals surface area contributed by atoms with Crippen LogP contribution in [0.1, 0.15) is 25.5 Å². The number of nitrogens with zero attached hydrogens (tertiary/aromatic N) is 2. The number of hydrogen-bond acceptors (Lipinski definition) is 3. The molecule has 3 rings (SSSR count). The van der Waals surface area contributed by atoms with E-state index in [4.69, 9.17) is 9.47 Å². The van der Waals surface area contributed by atoms with Crippen LogP contribution < -0.4 is 0 Å². The number of epoxide rings is 1. The van der Waals surface area contributed by atoms with Crippen LogP contribution in [0.15, 0.2) is 10.7 Å². The molecule has 0 radical (unpaired) electrons. The monoisotopic (exact) mass is 272 g/mol. The number of fused-ring (bicyclic) bond motifs is 1. The number of rotatable bonds is 2. The van der Waals surface area contributed by atoms with E-state index in [2.05, 4.69) is 28.0 Å². The van der Waals surface area contributed by atoms with Crippen LogP contribution in [-0.2, 0) is 21.6 Å².